The highest BCUT2D eigenvalue weighted by Crippen LogP contribution is 2.19. The van der Waals surface area contributed by atoms with Crippen molar-refractivity contribution in [3.63, 3.8) is 0 Å². The molecule has 0 saturated carbocycles. The maximum absolute atomic E-state index is 13.7. The first-order valence-electron chi connectivity index (χ1n) is 9.62. The van der Waals surface area contributed by atoms with Gasteiger partial charge < -0.3 is 21.3 Å². The molecule has 4 N–H and O–H groups in total. The van der Waals surface area contributed by atoms with Crippen molar-refractivity contribution in [2.75, 3.05) is 32.0 Å². The normalized spacial score (nSPS) is 10.7. The van der Waals surface area contributed by atoms with Crippen molar-refractivity contribution in [1.29, 1.82) is 0 Å². The Kier molecular flexibility index (Phi) is 11.5. The molecular weight excluding hydrogens is 538 g/mol. The molecule has 0 atom stereocenters. The highest BCUT2D eigenvalue weighted by molar-refractivity contribution is 14.0. The molecule has 2 rings (SSSR count). The third-order valence-electron chi connectivity index (χ3n) is 4.16. The van der Waals surface area contributed by atoms with Crippen LogP contribution in [-0.2, 0) is 11.2 Å². The first kappa shape index (κ1) is 27.2. The molecule has 0 heterocycles. The summed E-state index contributed by atoms with van der Waals surface area (Å²) in [5.74, 6) is -4.98. The van der Waals surface area contributed by atoms with Gasteiger partial charge in [-0.1, -0.05) is 12.1 Å². The van der Waals surface area contributed by atoms with Crippen molar-refractivity contribution in [2.45, 2.75) is 13.3 Å². The molecule has 174 valence electrons. The maximum atomic E-state index is 13.7. The van der Waals surface area contributed by atoms with Crippen LogP contribution >= 0.6 is 24.0 Å². The van der Waals surface area contributed by atoms with E-state index in [1.807, 2.05) is 13.0 Å². The number of hydrogen-bond acceptors (Lipinski definition) is 3. The molecule has 0 spiro atoms. The van der Waals surface area contributed by atoms with Crippen LogP contribution < -0.4 is 21.3 Å². The minimum absolute atomic E-state index is 0. The Labute approximate surface area is 201 Å². The number of halogens is 4. The van der Waals surface area contributed by atoms with Gasteiger partial charge in [-0.25, -0.2) is 18.2 Å². The molecule has 0 saturated heterocycles. The summed E-state index contributed by atoms with van der Waals surface area (Å²) in [7, 11) is 1.56. The van der Waals surface area contributed by atoms with Gasteiger partial charge in [0.25, 0.3) is 5.91 Å². The molecule has 0 aliphatic carbocycles. The highest BCUT2D eigenvalue weighted by atomic mass is 127. The molecule has 0 radical (unpaired) electrons. The van der Waals surface area contributed by atoms with Crippen LogP contribution in [0.4, 0.5) is 18.9 Å². The largest absolute Gasteiger partial charge is 0.357 e. The number of amides is 2. The topological polar surface area (TPSA) is 94.6 Å². The smallest absolute Gasteiger partial charge is 0.251 e. The van der Waals surface area contributed by atoms with Gasteiger partial charge in [0.15, 0.2) is 23.4 Å². The third-order valence-corrected chi connectivity index (χ3v) is 4.16. The lowest BCUT2D eigenvalue weighted by atomic mass is 10.1. The van der Waals surface area contributed by atoms with Crippen molar-refractivity contribution in [3.05, 3.63) is 65.0 Å². The molecule has 2 aromatic carbocycles. The van der Waals surface area contributed by atoms with Gasteiger partial charge in [-0.3, -0.25) is 9.59 Å². The Bertz CT molecular complexity index is 972. The van der Waals surface area contributed by atoms with Gasteiger partial charge in [-0.05, 0) is 43.2 Å². The van der Waals surface area contributed by atoms with Crippen LogP contribution in [0.5, 0.6) is 0 Å². The third kappa shape index (κ3) is 8.02. The highest BCUT2D eigenvalue weighted by Gasteiger charge is 2.15. The second-order valence-electron chi connectivity index (χ2n) is 6.42. The molecule has 0 aliphatic rings. The number of carbonyl (C=O) groups excluding carboxylic acids is 2. The molecule has 0 unspecified atom stereocenters. The Morgan fingerprint density at radius 1 is 1.03 bits per heavy atom. The van der Waals surface area contributed by atoms with Crippen LogP contribution in [0.15, 0.2) is 41.4 Å². The van der Waals surface area contributed by atoms with Gasteiger partial charge in [-0.15, -0.1) is 24.0 Å². The quantitative estimate of drug-likeness (QED) is 0.172. The number of hydrogen-bond donors (Lipinski definition) is 4. The molecular formula is C21H25F3IN5O2. The minimum Gasteiger partial charge on any atom is -0.357 e. The van der Waals surface area contributed by atoms with Gasteiger partial charge in [0.2, 0.25) is 5.91 Å². The fraction of sp³-hybridized carbons (Fsp3) is 0.286. The van der Waals surface area contributed by atoms with Crippen LogP contribution in [0.1, 0.15) is 22.8 Å². The molecule has 11 heteroatoms. The second-order valence-corrected chi connectivity index (χ2v) is 6.42. The summed E-state index contributed by atoms with van der Waals surface area (Å²) < 4.78 is 39.9. The number of benzene rings is 2. The van der Waals surface area contributed by atoms with Crippen LogP contribution in [0.25, 0.3) is 0 Å². The van der Waals surface area contributed by atoms with E-state index in [9.17, 15) is 22.8 Å². The summed E-state index contributed by atoms with van der Waals surface area (Å²) in [6.07, 6.45) is 0.599. The number of nitrogens with zero attached hydrogens (tertiary/aromatic N) is 1. The summed E-state index contributed by atoms with van der Waals surface area (Å²) in [4.78, 5) is 27.8. The van der Waals surface area contributed by atoms with Crippen molar-refractivity contribution in [3.8, 4) is 0 Å². The van der Waals surface area contributed by atoms with Crippen molar-refractivity contribution in [1.82, 2.24) is 16.0 Å². The number of rotatable bonds is 8. The van der Waals surface area contributed by atoms with E-state index in [0.29, 0.717) is 31.0 Å². The zero-order chi connectivity index (χ0) is 22.8. The number of aliphatic imine (C=N–C) groups is 1. The van der Waals surface area contributed by atoms with E-state index in [1.165, 1.54) is 0 Å². The van der Waals surface area contributed by atoms with E-state index in [0.717, 1.165) is 17.7 Å². The lowest BCUT2D eigenvalue weighted by molar-refractivity contribution is -0.114. The van der Waals surface area contributed by atoms with Crippen LogP contribution in [-0.4, -0.2) is 44.5 Å². The number of nitrogens with one attached hydrogen (secondary N) is 4. The van der Waals surface area contributed by atoms with E-state index in [4.69, 9.17) is 0 Å². The van der Waals surface area contributed by atoms with Crippen molar-refractivity contribution >= 4 is 47.4 Å². The Hall–Kier alpha value is -2.83. The lowest BCUT2D eigenvalue weighted by Crippen LogP contribution is -2.39. The molecule has 7 nitrogen and oxygen atoms in total. The average Bonchev–Trinajstić information content (AvgIpc) is 2.77. The van der Waals surface area contributed by atoms with E-state index >= 15 is 0 Å². The predicted molar refractivity (Wildman–Crippen MR) is 128 cm³/mol. The summed E-state index contributed by atoms with van der Waals surface area (Å²) in [6, 6.07) is 8.85. The summed E-state index contributed by atoms with van der Waals surface area (Å²) in [6.45, 7) is 2.50. The number of guanidine groups is 1. The van der Waals surface area contributed by atoms with E-state index in [2.05, 4.69) is 26.3 Å². The minimum atomic E-state index is -1.66. The zero-order valence-electron chi connectivity index (χ0n) is 17.6. The van der Waals surface area contributed by atoms with Gasteiger partial charge in [-0.2, -0.15) is 0 Å². The van der Waals surface area contributed by atoms with E-state index < -0.39 is 29.0 Å². The monoisotopic (exact) mass is 563 g/mol. The Balaban J connectivity index is 0.00000512. The number of carbonyl (C=O) groups is 2. The SMILES string of the molecule is CCNC(=NCC(=O)Nc1ccc(F)c(F)c1F)NCCc1cccc(C(=O)NC)c1.I. The molecule has 0 bridgehead atoms. The van der Waals surface area contributed by atoms with Crippen molar-refractivity contribution < 1.29 is 22.8 Å². The van der Waals surface area contributed by atoms with Gasteiger partial charge in [0.05, 0.1) is 5.69 Å². The predicted octanol–water partition coefficient (Wildman–Crippen LogP) is 2.82. The fourth-order valence-corrected chi connectivity index (χ4v) is 2.64. The molecule has 2 aromatic rings. The van der Waals surface area contributed by atoms with Gasteiger partial charge >= 0.3 is 0 Å². The molecule has 32 heavy (non-hydrogen) atoms. The van der Waals surface area contributed by atoms with Crippen LogP contribution in [0, 0.1) is 17.5 Å². The van der Waals surface area contributed by atoms with Gasteiger partial charge in [0.1, 0.15) is 6.54 Å². The number of anilines is 1. The van der Waals surface area contributed by atoms with Crippen LogP contribution in [0.3, 0.4) is 0 Å². The average molecular weight is 563 g/mol. The maximum Gasteiger partial charge on any atom is 0.251 e. The molecule has 2 amide bonds. The zero-order valence-corrected chi connectivity index (χ0v) is 19.9. The van der Waals surface area contributed by atoms with E-state index in [-0.39, 0.29) is 36.4 Å². The van der Waals surface area contributed by atoms with E-state index in [1.54, 1.807) is 25.2 Å². The molecule has 0 aromatic heterocycles. The fourth-order valence-electron chi connectivity index (χ4n) is 2.64. The van der Waals surface area contributed by atoms with Gasteiger partial charge in [0, 0.05) is 25.7 Å². The first-order chi connectivity index (χ1) is 14.8. The lowest BCUT2D eigenvalue weighted by Gasteiger charge is -2.12. The first-order valence-corrected chi connectivity index (χ1v) is 9.62. The summed E-state index contributed by atoms with van der Waals surface area (Å²) >= 11 is 0. The molecule has 0 fully saturated rings. The summed E-state index contributed by atoms with van der Waals surface area (Å²) in [5, 5.41) is 10.7. The molecule has 0 aliphatic heterocycles. The Morgan fingerprint density at radius 3 is 2.47 bits per heavy atom. The van der Waals surface area contributed by atoms with Crippen LogP contribution in [0.2, 0.25) is 0 Å². The summed E-state index contributed by atoms with van der Waals surface area (Å²) in [5.41, 5.74) is 1.03. The Morgan fingerprint density at radius 2 is 1.78 bits per heavy atom. The van der Waals surface area contributed by atoms with Crippen molar-refractivity contribution in [2.24, 2.45) is 4.99 Å². The standard InChI is InChI=1S/C21H24F3N5O2.HI/c1-3-26-21(27-10-9-13-5-4-6-14(11-13)20(31)25-2)28-12-17(30)29-16-8-7-15(22)18(23)19(16)24;/h4-8,11H,3,9-10,12H2,1-2H3,(H,25,31)(H,29,30)(H2,26,27,28);1H. The second kappa shape index (κ2) is 13.6.